The van der Waals surface area contributed by atoms with Gasteiger partial charge in [-0.15, -0.1) is 0 Å². The van der Waals surface area contributed by atoms with Crippen LogP contribution in [0.25, 0.3) is 0 Å². The summed E-state index contributed by atoms with van der Waals surface area (Å²) in [6.07, 6.45) is 0. The molecule has 2 unspecified atom stereocenters. The van der Waals surface area contributed by atoms with Crippen molar-refractivity contribution in [2.45, 2.75) is 18.9 Å². The van der Waals surface area contributed by atoms with E-state index in [1.807, 2.05) is 30.3 Å². The van der Waals surface area contributed by atoms with Crippen molar-refractivity contribution in [3.8, 4) is 17.6 Å². The summed E-state index contributed by atoms with van der Waals surface area (Å²) in [5, 5.41) is 19.5. The molecular weight excluding hydrogens is 276 g/mol. The van der Waals surface area contributed by atoms with Crippen molar-refractivity contribution in [3.05, 3.63) is 53.6 Å². The van der Waals surface area contributed by atoms with E-state index in [-0.39, 0.29) is 17.7 Å². The molecule has 1 heterocycles. The summed E-state index contributed by atoms with van der Waals surface area (Å²) < 4.78 is 5.31. The molecule has 2 aromatic carbocycles. The number of fused-ring (bicyclic) bond motifs is 1. The van der Waals surface area contributed by atoms with Crippen LogP contribution in [0.4, 0.5) is 5.69 Å². The first-order valence-electron chi connectivity index (χ1n) is 7.32. The van der Waals surface area contributed by atoms with E-state index in [1.165, 1.54) is 0 Å². The number of aromatic hydroxyl groups is 1. The molecule has 22 heavy (non-hydrogen) atoms. The Morgan fingerprint density at radius 2 is 2.09 bits per heavy atom. The van der Waals surface area contributed by atoms with Crippen molar-refractivity contribution in [3.63, 3.8) is 0 Å². The number of anilines is 1. The Labute approximate surface area is 130 Å². The second-order valence-corrected chi connectivity index (χ2v) is 5.36. The second-order valence-electron chi connectivity index (χ2n) is 5.36. The summed E-state index contributed by atoms with van der Waals surface area (Å²) in [5.41, 5.74) is 2.99. The third kappa shape index (κ3) is 2.15. The molecule has 112 valence electrons. The highest BCUT2D eigenvalue weighted by Crippen LogP contribution is 2.49. The molecule has 3 rings (SSSR count). The van der Waals surface area contributed by atoms with Gasteiger partial charge in [0.25, 0.3) is 0 Å². The quantitative estimate of drug-likeness (QED) is 0.940. The number of nitrogens with zero attached hydrogens (tertiary/aromatic N) is 2. The molecule has 0 saturated heterocycles. The number of nitriles is 1. The molecular formula is C18H18N2O2. The van der Waals surface area contributed by atoms with E-state index >= 15 is 0 Å². The van der Waals surface area contributed by atoms with Crippen LogP contribution in [0.1, 0.15) is 30.0 Å². The van der Waals surface area contributed by atoms with E-state index in [0.717, 1.165) is 29.1 Å². The molecule has 4 heteroatoms. The Morgan fingerprint density at radius 1 is 1.27 bits per heavy atom. The smallest absolute Gasteiger partial charge is 0.120 e. The van der Waals surface area contributed by atoms with Gasteiger partial charge in [-0.3, -0.25) is 0 Å². The van der Waals surface area contributed by atoms with E-state index in [9.17, 15) is 10.4 Å². The maximum atomic E-state index is 9.77. The fraction of sp³-hybridized carbons (Fsp3) is 0.278. The summed E-state index contributed by atoms with van der Waals surface area (Å²) in [7, 11) is 1.64. The van der Waals surface area contributed by atoms with Crippen LogP contribution in [0, 0.1) is 11.3 Å². The van der Waals surface area contributed by atoms with E-state index in [4.69, 9.17) is 4.74 Å². The number of phenolic OH excluding ortho intramolecular Hbond substituents is 1. The van der Waals surface area contributed by atoms with Gasteiger partial charge in [-0.2, -0.15) is 5.26 Å². The van der Waals surface area contributed by atoms with Crippen LogP contribution in [0.2, 0.25) is 0 Å². The maximum absolute atomic E-state index is 9.77. The molecule has 2 atom stereocenters. The first-order chi connectivity index (χ1) is 10.7. The van der Waals surface area contributed by atoms with Crippen LogP contribution in [0.3, 0.4) is 0 Å². The number of methoxy groups -OCH3 is 1. The lowest BCUT2D eigenvalue weighted by Crippen LogP contribution is -2.26. The predicted molar refractivity (Wildman–Crippen MR) is 85.2 cm³/mol. The fourth-order valence-electron chi connectivity index (χ4n) is 3.25. The van der Waals surface area contributed by atoms with Crippen molar-refractivity contribution >= 4 is 5.69 Å². The zero-order chi connectivity index (χ0) is 15.7. The summed E-state index contributed by atoms with van der Waals surface area (Å²) in [4.78, 5) is 2.19. The van der Waals surface area contributed by atoms with Crippen molar-refractivity contribution in [1.29, 1.82) is 5.26 Å². The summed E-state index contributed by atoms with van der Waals surface area (Å²) in [6, 6.07) is 15.3. The van der Waals surface area contributed by atoms with E-state index in [1.54, 1.807) is 19.2 Å². The largest absolute Gasteiger partial charge is 0.508 e. The average molecular weight is 294 g/mol. The number of likely N-dealkylation sites (N-methyl/N-ethyl adjacent to an activating group) is 1. The fourth-order valence-corrected chi connectivity index (χ4v) is 3.25. The van der Waals surface area contributed by atoms with Crippen molar-refractivity contribution in [2.75, 3.05) is 18.6 Å². The minimum absolute atomic E-state index is 0.0933. The van der Waals surface area contributed by atoms with Crippen LogP contribution in [-0.2, 0) is 0 Å². The van der Waals surface area contributed by atoms with Crippen LogP contribution in [-0.4, -0.2) is 18.8 Å². The maximum Gasteiger partial charge on any atom is 0.120 e. The summed E-state index contributed by atoms with van der Waals surface area (Å²) in [6.45, 7) is 2.84. The van der Waals surface area contributed by atoms with Gasteiger partial charge in [-0.25, -0.2) is 0 Å². The molecule has 0 saturated carbocycles. The van der Waals surface area contributed by atoms with Gasteiger partial charge >= 0.3 is 0 Å². The molecule has 0 amide bonds. The number of ether oxygens (including phenoxy) is 1. The highest BCUT2D eigenvalue weighted by molar-refractivity contribution is 5.67. The van der Waals surface area contributed by atoms with Gasteiger partial charge in [0.05, 0.1) is 25.1 Å². The van der Waals surface area contributed by atoms with Gasteiger partial charge in [0.1, 0.15) is 11.5 Å². The molecule has 0 spiro atoms. The molecule has 1 aliphatic heterocycles. The molecule has 1 N–H and O–H groups in total. The summed E-state index contributed by atoms with van der Waals surface area (Å²) in [5.74, 6) is 0.742. The topological polar surface area (TPSA) is 56.5 Å². The minimum Gasteiger partial charge on any atom is -0.508 e. The Hall–Kier alpha value is -2.67. The lowest BCUT2D eigenvalue weighted by molar-refractivity contribution is 0.415. The van der Waals surface area contributed by atoms with Crippen LogP contribution < -0.4 is 9.64 Å². The molecule has 0 aromatic heterocycles. The van der Waals surface area contributed by atoms with E-state index in [0.29, 0.717) is 0 Å². The van der Waals surface area contributed by atoms with Gasteiger partial charge in [-0.1, -0.05) is 18.2 Å². The molecule has 2 aromatic rings. The zero-order valence-electron chi connectivity index (χ0n) is 12.7. The van der Waals surface area contributed by atoms with Crippen molar-refractivity contribution in [1.82, 2.24) is 0 Å². The predicted octanol–water partition coefficient (Wildman–Crippen LogP) is 3.59. The SMILES string of the molecule is CCN1c2cc(OC)ccc2C(C#N)C1c1cccc(O)c1. The standard InChI is InChI=1S/C18H18N2O2/c1-3-20-17-10-14(22-2)7-8-15(17)16(11-19)18(20)12-5-4-6-13(21)9-12/h4-10,16,18,21H,3H2,1-2H3. The Morgan fingerprint density at radius 3 is 2.73 bits per heavy atom. The molecule has 1 aliphatic rings. The molecule has 0 bridgehead atoms. The van der Waals surface area contributed by atoms with Gasteiger partial charge in [-0.05, 0) is 36.2 Å². The van der Waals surface area contributed by atoms with Crippen molar-refractivity contribution in [2.24, 2.45) is 0 Å². The third-order valence-electron chi connectivity index (χ3n) is 4.23. The van der Waals surface area contributed by atoms with Crippen molar-refractivity contribution < 1.29 is 9.84 Å². The molecule has 0 fully saturated rings. The Bertz CT molecular complexity index is 736. The Kier molecular flexibility index (Phi) is 3.64. The van der Waals surface area contributed by atoms with Gasteiger partial charge in [0.2, 0.25) is 0 Å². The van der Waals surface area contributed by atoms with Crippen LogP contribution in [0.15, 0.2) is 42.5 Å². The first-order valence-corrected chi connectivity index (χ1v) is 7.32. The normalized spacial score (nSPS) is 19.6. The number of benzene rings is 2. The highest BCUT2D eigenvalue weighted by atomic mass is 16.5. The summed E-state index contributed by atoms with van der Waals surface area (Å²) >= 11 is 0. The number of hydrogen-bond acceptors (Lipinski definition) is 4. The molecule has 0 radical (unpaired) electrons. The van der Waals surface area contributed by atoms with Gasteiger partial charge < -0.3 is 14.7 Å². The Balaban J connectivity index is 2.13. The lowest BCUT2D eigenvalue weighted by Gasteiger charge is -2.28. The molecule has 4 nitrogen and oxygen atoms in total. The van der Waals surface area contributed by atoms with E-state index in [2.05, 4.69) is 17.9 Å². The number of phenols is 1. The van der Waals surface area contributed by atoms with Crippen LogP contribution >= 0.6 is 0 Å². The zero-order valence-corrected chi connectivity index (χ0v) is 12.7. The first kappa shape index (κ1) is 14.3. The van der Waals surface area contributed by atoms with E-state index < -0.39 is 0 Å². The number of hydrogen-bond donors (Lipinski definition) is 1. The second kappa shape index (κ2) is 5.61. The van der Waals surface area contributed by atoms with Gasteiger partial charge in [0, 0.05) is 18.3 Å². The molecule has 0 aliphatic carbocycles. The average Bonchev–Trinajstić information content (AvgIpc) is 2.87. The lowest BCUT2D eigenvalue weighted by atomic mass is 9.91. The van der Waals surface area contributed by atoms with Gasteiger partial charge in [0.15, 0.2) is 0 Å². The number of rotatable bonds is 3. The highest BCUT2D eigenvalue weighted by Gasteiger charge is 2.39. The monoisotopic (exact) mass is 294 g/mol. The third-order valence-corrected chi connectivity index (χ3v) is 4.23. The van der Waals surface area contributed by atoms with Crippen LogP contribution in [0.5, 0.6) is 11.5 Å². The minimum atomic E-state index is -0.261.